The molecule has 2 aromatic carbocycles. The molecule has 0 fully saturated rings. The van der Waals surface area contributed by atoms with Gasteiger partial charge in [-0.3, -0.25) is 4.79 Å². The van der Waals surface area contributed by atoms with Crippen molar-refractivity contribution in [3.63, 3.8) is 0 Å². The Balaban J connectivity index is 1.97. The summed E-state index contributed by atoms with van der Waals surface area (Å²) in [5.41, 5.74) is 0.384. The normalized spacial score (nSPS) is 11.4. The topological polar surface area (TPSA) is 92.4 Å². The molecule has 6 nitrogen and oxygen atoms in total. The Hall–Kier alpha value is -3.99. The van der Waals surface area contributed by atoms with Crippen LogP contribution in [-0.4, -0.2) is 16.1 Å². The molecular weight excluding hydrogens is 394 g/mol. The van der Waals surface area contributed by atoms with Crippen molar-refractivity contribution < 1.29 is 28.2 Å². The molecule has 152 valence electrons. The van der Waals surface area contributed by atoms with Crippen LogP contribution in [-0.2, 0) is 4.79 Å². The van der Waals surface area contributed by atoms with Gasteiger partial charge in [-0.15, -0.1) is 0 Å². The molecule has 1 aromatic heterocycles. The van der Waals surface area contributed by atoms with Crippen LogP contribution in [0.15, 0.2) is 54.6 Å². The van der Waals surface area contributed by atoms with Crippen molar-refractivity contribution in [2.45, 2.75) is 19.4 Å². The van der Waals surface area contributed by atoms with Crippen molar-refractivity contribution in [2.75, 3.05) is 0 Å². The van der Waals surface area contributed by atoms with Crippen molar-refractivity contribution >= 4 is 5.97 Å². The Bertz CT molecular complexity index is 1110. The number of carbonyl (C=O) groups is 1. The highest BCUT2D eigenvalue weighted by molar-refractivity contribution is 5.67. The number of carboxylic acid groups (broad SMARTS) is 1. The van der Waals surface area contributed by atoms with Gasteiger partial charge in [0.25, 0.3) is 11.8 Å². The molecule has 0 amide bonds. The van der Waals surface area contributed by atoms with Crippen LogP contribution in [0.2, 0.25) is 0 Å². The Morgan fingerprint density at radius 2 is 1.83 bits per heavy atom. The van der Waals surface area contributed by atoms with E-state index in [4.69, 9.17) is 14.7 Å². The second kappa shape index (κ2) is 9.01. The Kier molecular flexibility index (Phi) is 6.23. The summed E-state index contributed by atoms with van der Waals surface area (Å²) in [7, 11) is 0. The highest BCUT2D eigenvalue weighted by Gasteiger charge is 2.25. The lowest BCUT2D eigenvalue weighted by atomic mass is 10.1. The summed E-state index contributed by atoms with van der Waals surface area (Å²) in [5.74, 6) is -4.26. The summed E-state index contributed by atoms with van der Waals surface area (Å²) >= 11 is 0. The molecule has 0 saturated heterocycles. The zero-order chi connectivity index (χ0) is 21.7. The van der Waals surface area contributed by atoms with E-state index in [0.29, 0.717) is 5.56 Å². The zero-order valence-corrected chi connectivity index (χ0v) is 15.8. The van der Waals surface area contributed by atoms with E-state index in [2.05, 4.69) is 4.98 Å². The molecule has 30 heavy (non-hydrogen) atoms. The minimum atomic E-state index is -1.16. The summed E-state index contributed by atoms with van der Waals surface area (Å²) in [6.07, 6.45) is -1.51. The lowest BCUT2D eigenvalue weighted by Crippen LogP contribution is -2.15. The van der Waals surface area contributed by atoms with Crippen LogP contribution in [0.4, 0.5) is 8.78 Å². The van der Waals surface area contributed by atoms with Crippen molar-refractivity contribution in [2.24, 2.45) is 0 Å². The number of aromatic nitrogens is 1. The van der Waals surface area contributed by atoms with E-state index in [9.17, 15) is 18.7 Å². The second-order valence-electron chi connectivity index (χ2n) is 6.33. The van der Waals surface area contributed by atoms with E-state index in [-0.39, 0.29) is 11.3 Å². The molecule has 0 aliphatic carbocycles. The first kappa shape index (κ1) is 20.7. The number of hydrogen-bond acceptors (Lipinski definition) is 5. The minimum absolute atomic E-state index is 0.127. The Morgan fingerprint density at radius 3 is 2.50 bits per heavy atom. The number of aliphatic carboxylic acids is 1. The fourth-order valence-corrected chi connectivity index (χ4v) is 2.68. The van der Waals surface area contributed by atoms with E-state index in [1.54, 1.807) is 30.3 Å². The van der Waals surface area contributed by atoms with Gasteiger partial charge >= 0.3 is 5.97 Å². The third-order valence-corrected chi connectivity index (χ3v) is 4.20. The molecule has 1 heterocycles. The van der Waals surface area contributed by atoms with Gasteiger partial charge in [-0.1, -0.05) is 36.4 Å². The quantitative estimate of drug-likeness (QED) is 0.594. The third-order valence-electron chi connectivity index (χ3n) is 4.20. The summed E-state index contributed by atoms with van der Waals surface area (Å²) in [4.78, 5) is 15.0. The molecule has 1 atom stereocenters. The van der Waals surface area contributed by atoms with Gasteiger partial charge in [-0.05, 0) is 30.7 Å². The number of nitriles is 1. The van der Waals surface area contributed by atoms with Crippen molar-refractivity contribution in [1.29, 1.82) is 5.26 Å². The molecule has 0 saturated carbocycles. The van der Waals surface area contributed by atoms with Gasteiger partial charge in [0.15, 0.2) is 11.6 Å². The molecule has 0 bridgehead atoms. The van der Waals surface area contributed by atoms with Gasteiger partial charge in [-0.2, -0.15) is 10.2 Å². The van der Waals surface area contributed by atoms with Gasteiger partial charge in [0.1, 0.15) is 11.9 Å². The van der Waals surface area contributed by atoms with Crippen molar-refractivity contribution in [3.8, 4) is 23.6 Å². The fourth-order valence-electron chi connectivity index (χ4n) is 2.68. The maximum atomic E-state index is 14.6. The first-order valence-electron chi connectivity index (χ1n) is 8.86. The predicted molar refractivity (Wildman–Crippen MR) is 102 cm³/mol. The number of carboxylic acids is 1. The smallest absolute Gasteiger partial charge is 0.307 e. The SMILES string of the molecule is Cc1c(F)c(Oc2cccc(C#N)c2)nc(OC(CC(=O)O)c2ccccc2)c1F. The van der Waals surface area contributed by atoms with Crippen LogP contribution in [0.3, 0.4) is 0 Å². The van der Waals surface area contributed by atoms with Crippen molar-refractivity contribution in [3.05, 3.63) is 82.9 Å². The molecule has 0 aliphatic rings. The summed E-state index contributed by atoms with van der Waals surface area (Å²) in [6.45, 7) is 1.19. The van der Waals surface area contributed by atoms with Crippen LogP contribution in [0.5, 0.6) is 17.5 Å². The lowest BCUT2D eigenvalue weighted by Gasteiger charge is -2.19. The lowest BCUT2D eigenvalue weighted by molar-refractivity contribution is -0.139. The molecular formula is C22H16F2N2O4. The summed E-state index contributed by atoms with van der Waals surface area (Å²) in [6, 6.07) is 16.2. The summed E-state index contributed by atoms with van der Waals surface area (Å²) in [5, 5.41) is 18.2. The van der Waals surface area contributed by atoms with E-state index < -0.39 is 47.5 Å². The number of nitrogens with zero attached hydrogens (tertiary/aromatic N) is 2. The molecule has 8 heteroatoms. The highest BCUT2D eigenvalue weighted by atomic mass is 19.1. The number of hydrogen-bond donors (Lipinski definition) is 1. The van der Waals surface area contributed by atoms with Crippen molar-refractivity contribution in [1.82, 2.24) is 4.98 Å². The molecule has 1 unspecified atom stereocenters. The van der Waals surface area contributed by atoms with Gasteiger partial charge in [0.2, 0.25) is 0 Å². The van der Waals surface area contributed by atoms with E-state index in [1.165, 1.54) is 31.2 Å². The van der Waals surface area contributed by atoms with Gasteiger partial charge in [0, 0.05) is 5.56 Å². The molecule has 3 rings (SSSR count). The first-order chi connectivity index (χ1) is 14.4. The molecule has 0 aliphatic heterocycles. The van der Waals surface area contributed by atoms with Crippen LogP contribution < -0.4 is 9.47 Å². The Labute approximate surface area is 170 Å². The maximum Gasteiger partial charge on any atom is 0.307 e. The number of pyridine rings is 1. The third kappa shape index (κ3) is 4.70. The van der Waals surface area contributed by atoms with E-state index >= 15 is 0 Å². The predicted octanol–water partition coefficient (Wildman–Crippen LogP) is 4.93. The van der Waals surface area contributed by atoms with Gasteiger partial charge in [0.05, 0.1) is 18.1 Å². The highest BCUT2D eigenvalue weighted by Crippen LogP contribution is 2.33. The monoisotopic (exact) mass is 410 g/mol. The first-order valence-corrected chi connectivity index (χ1v) is 8.86. The number of rotatable bonds is 7. The maximum absolute atomic E-state index is 14.6. The van der Waals surface area contributed by atoms with Crippen LogP contribution in [0, 0.1) is 29.9 Å². The van der Waals surface area contributed by atoms with Crippen LogP contribution in [0.25, 0.3) is 0 Å². The number of halogens is 2. The zero-order valence-electron chi connectivity index (χ0n) is 15.8. The van der Waals surface area contributed by atoms with Crippen LogP contribution >= 0.6 is 0 Å². The van der Waals surface area contributed by atoms with Gasteiger partial charge in [-0.25, -0.2) is 8.78 Å². The standard InChI is InChI=1S/C22H16F2N2O4/c1-13-19(23)21(29-16-9-5-6-14(10-16)12-25)26-22(20(13)24)30-17(11-18(27)28)15-7-3-2-4-8-15/h2-10,17H,11H2,1H3,(H,27,28). The minimum Gasteiger partial charge on any atom is -0.481 e. The van der Waals surface area contributed by atoms with E-state index in [1.807, 2.05) is 6.07 Å². The van der Waals surface area contributed by atoms with Crippen LogP contribution in [0.1, 0.15) is 29.2 Å². The molecule has 1 N–H and O–H groups in total. The molecule has 3 aromatic rings. The number of benzene rings is 2. The molecule has 0 radical (unpaired) electrons. The second-order valence-corrected chi connectivity index (χ2v) is 6.33. The average Bonchev–Trinajstić information content (AvgIpc) is 2.75. The largest absolute Gasteiger partial charge is 0.481 e. The average molecular weight is 410 g/mol. The fraction of sp³-hybridized carbons (Fsp3) is 0.136. The van der Waals surface area contributed by atoms with Gasteiger partial charge < -0.3 is 14.6 Å². The number of ether oxygens (including phenoxy) is 2. The molecule has 0 spiro atoms. The van der Waals surface area contributed by atoms with E-state index in [0.717, 1.165) is 0 Å². The Morgan fingerprint density at radius 1 is 1.13 bits per heavy atom. The summed E-state index contributed by atoms with van der Waals surface area (Å²) < 4.78 is 40.1.